The van der Waals surface area contributed by atoms with Gasteiger partial charge in [0.1, 0.15) is 0 Å². The van der Waals surface area contributed by atoms with Crippen LogP contribution in [0.25, 0.3) is 0 Å². The molecule has 0 spiro atoms. The molecule has 2 aromatic carbocycles. The molecule has 170 valence electrons. The van der Waals surface area contributed by atoms with E-state index >= 15 is 0 Å². The summed E-state index contributed by atoms with van der Waals surface area (Å²) < 4.78 is 11.0. The van der Waals surface area contributed by atoms with E-state index in [9.17, 15) is 19.7 Å². The maximum Gasteiger partial charge on any atom is 0.331 e. The standard InChI is InChI=1S/C23H21N3O7/c1-12-6-15(4-5-18(12)26(30)31)22-17-10-20-19(32-11-33-20)9-16(17)8-14(3)25(24-22)21(27)7-13(2)23(28)29/h4-6,9-10,14H,2,7-8,11H2,1,3H3,(H,28,29)/t14-/m0/s1. The predicted molar refractivity (Wildman–Crippen MR) is 117 cm³/mol. The van der Waals surface area contributed by atoms with Crippen LogP contribution in [0.3, 0.4) is 0 Å². The molecule has 33 heavy (non-hydrogen) atoms. The number of ether oxygens (including phenoxy) is 2. The zero-order valence-electron chi connectivity index (χ0n) is 18.0. The summed E-state index contributed by atoms with van der Waals surface area (Å²) in [5, 5.41) is 26.3. The minimum absolute atomic E-state index is 0.0297. The van der Waals surface area contributed by atoms with E-state index in [1.54, 1.807) is 25.1 Å². The van der Waals surface area contributed by atoms with Crippen LogP contribution >= 0.6 is 0 Å². The average Bonchev–Trinajstić information content (AvgIpc) is 3.14. The molecule has 0 aromatic heterocycles. The lowest BCUT2D eigenvalue weighted by Crippen LogP contribution is -2.36. The van der Waals surface area contributed by atoms with Gasteiger partial charge in [-0.1, -0.05) is 6.58 Å². The maximum atomic E-state index is 13.0. The highest BCUT2D eigenvalue weighted by Gasteiger charge is 2.30. The Morgan fingerprint density at radius 3 is 2.61 bits per heavy atom. The number of hydrogen-bond acceptors (Lipinski definition) is 7. The molecule has 10 heteroatoms. The summed E-state index contributed by atoms with van der Waals surface area (Å²) in [6.07, 6.45) is 0.0328. The van der Waals surface area contributed by atoms with Gasteiger partial charge < -0.3 is 14.6 Å². The van der Waals surface area contributed by atoms with Gasteiger partial charge in [-0.25, -0.2) is 9.80 Å². The van der Waals surface area contributed by atoms with E-state index in [2.05, 4.69) is 11.7 Å². The van der Waals surface area contributed by atoms with Crippen molar-refractivity contribution in [2.24, 2.45) is 5.10 Å². The van der Waals surface area contributed by atoms with Crippen LogP contribution in [0.15, 0.2) is 47.6 Å². The Kier molecular flexibility index (Phi) is 5.59. The smallest absolute Gasteiger partial charge is 0.331 e. The summed E-state index contributed by atoms with van der Waals surface area (Å²) >= 11 is 0. The van der Waals surface area contributed by atoms with Crippen molar-refractivity contribution in [1.82, 2.24) is 5.01 Å². The number of fused-ring (bicyclic) bond motifs is 2. The van der Waals surface area contributed by atoms with Gasteiger partial charge >= 0.3 is 5.97 Å². The van der Waals surface area contributed by atoms with Gasteiger partial charge in [0.05, 0.1) is 23.1 Å². The number of carboxylic acid groups (broad SMARTS) is 1. The molecule has 0 fully saturated rings. The first kappa shape index (κ1) is 22.0. The van der Waals surface area contributed by atoms with Crippen LogP contribution in [0, 0.1) is 17.0 Å². The molecule has 0 bridgehead atoms. The fourth-order valence-corrected chi connectivity index (χ4v) is 3.90. The van der Waals surface area contributed by atoms with Gasteiger partial charge in [0.2, 0.25) is 12.7 Å². The lowest BCUT2D eigenvalue weighted by atomic mass is 9.93. The highest BCUT2D eigenvalue weighted by atomic mass is 16.7. The second kappa shape index (κ2) is 8.38. The maximum absolute atomic E-state index is 13.0. The number of amides is 1. The van der Waals surface area contributed by atoms with Crippen molar-refractivity contribution in [1.29, 1.82) is 0 Å². The van der Waals surface area contributed by atoms with Crippen LogP contribution in [-0.2, 0) is 16.0 Å². The molecule has 2 aromatic rings. The summed E-state index contributed by atoms with van der Waals surface area (Å²) in [7, 11) is 0. The number of hydrogen-bond donors (Lipinski definition) is 1. The van der Waals surface area contributed by atoms with Crippen molar-refractivity contribution in [3.63, 3.8) is 0 Å². The summed E-state index contributed by atoms with van der Waals surface area (Å²) in [5.74, 6) is -0.653. The Labute approximate surface area is 188 Å². The van der Waals surface area contributed by atoms with Gasteiger partial charge in [-0.2, -0.15) is 5.10 Å². The molecule has 4 rings (SSSR count). The average molecular weight is 451 g/mol. The first-order valence-corrected chi connectivity index (χ1v) is 10.2. The van der Waals surface area contributed by atoms with Crippen molar-refractivity contribution < 1.29 is 29.1 Å². The molecule has 1 N–H and O–H groups in total. The molecular formula is C23H21N3O7. The van der Waals surface area contributed by atoms with Crippen molar-refractivity contribution in [3.8, 4) is 11.5 Å². The molecule has 0 radical (unpaired) electrons. The predicted octanol–water partition coefficient (Wildman–Crippen LogP) is 3.19. The van der Waals surface area contributed by atoms with Gasteiger partial charge in [-0.05, 0) is 50.1 Å². The Bertz CT molecular complexity index is 1230. The third-order valence-corrected chi connectivity index (χ3v) is 5.58. The summed E-state index contributed by atoms with van der Waals surface area (Å²) in [6, 6.07) is 7.84. The number of carbonyl (C=O) groups is 2. The minimum atomic E-state index is -1.25. The van der Waals surface area contributed by atoms with Crippen LogP contribution < -0.4 is 9.47 Å². The van der Waals surface area contributed by atoms with E-state index in [1.807, 2.05) is 13.0 Å². The van der Waals surface area contributed by atoms with Crippen LogP contribution in [0.1, 0.15) is 35.6 Å². The van der Waals surface area contributed by atoms with Crippen molar-refractivity contribution in [2.45, 2.75) is 32.7 Å². The second-order valence-corrected chi connectivity index (χ2v) is 7.95. The molecule has 0 saturated carbocycles. The number of carbonyl (C=O) groups excluding carboxylic acids is 1. The summed E-state index contributed by atoms with van der Waals surface area (Å²) in [5.41, 5.74) is 2.72. The molecule has 2 heterocycles. The number of nitro benzene ring substituents is 1. The van der Waals surface area contributed by atoms with E-state index in [1.165, 1.54) is 11.1 Å². The van der Waals surface area contributed by atoms with Gasteiger partial charge in [0.25, 0.3) is 5.69 Å². The van der Waals surface area contributed by atoms with E-state index < -0.39 is 29.3 Å². The van der Waals surface area contributed by atoms with E-state index in [0.29, 0.717) is 40.3 Å². The van der Waals surface area contributed by atoms with Gasteiger partial charge in [0, 0.05) is 28.3 Å². The number of aryl methyl sites for hydroxylation is 1. The zero-order valence-corrected chi connectivity index (χ0v) is 18.0. The van der Waals surface area contributed by atoms with Crippen molar-refractivity contribution in [3.05, 3.63) is 74.9 Å². The Morgan fingerprint density at radius 1 is 1.27 bits per heavy atom. The van der Waals surface area contributed by atoms with E-state index in [0.717, 1.165) is 5.56 Å². The number of aliphatic carboxylic acids is 1. The van der Waals surface area contributed by atoms with Crippen LogP contribution in [-0.4, -0.2) is 45.5 Å². The lowest BCUT2D eigenvalue weighted by molar-refractivity contribution is -0.385. The van der Waals surface area contributed by atoms with Crippen molar-refractivity contribution >= 4 is 23.3 Å². The highest BCUT2D eigenvalue weighted by Crippen LogP contribution is 2.38. The topological polar surface area (TPSA) is 132 Å². The molecule has 10 nitrogen and oxygen atoms in total. The van der Waals surface area contributed by atoms with Crippen molar-refractivity contribution in [2.75, 3.05) is 6.79 Å². The Hall–Kier alpha value is -4.21. The third kappa shape index (κ3) is 4.14. The Balaban J connectivity index is 1.85. The molecule has 2 aliphatic rings. The molecule has 0 saturated heterocycles. The van der Waals surface area contributed by atoms with Gasteiger partial charge in [-0.15, -0.1) is 0 Å². The molecule has 2 aliphatic heterocycles. The molecule has 1 amide bonds. The van der Waals surface area contributed by atoms with Gasteiger partial charge in [-0.3, -0.25) is 14.9 Å². The second-order valence-electron chi connectivity index (χ2n) is 7.95. The number of carboxylic acids is 1. The highest BCUT2D eigenvalue weighted by molar-refractivity contribution is 6.15. The number of nitro groups is 1. The zero-order chi connectivity index (χ0) is 23.9. The quantitative estimate of drug-likeness (QED) is 0.419. The van der Waals surface area contributed by atoms with Crippen LogP contribution in [0.4, 0.5) is 5.69 Å². The third-order valence-electron chi connectivity index (χ3n) is 5.58. The monoisotopic (exact) mass is 451 g/mol. The van der Waals surface area contributed by atoms with Crippen LogP contribution in [0.5, 0.6) is 11.5 Å². The largest absolute Gasteiger partial charge is 0.478 e. The summed E-state index contributed by atoms with van der Waals surface area (Å²) in [6.45, 7) is 6.97. The SMILES string of the molecule is C=C(CC(=O)N1N=C(c2ccc([N+](=O)[O-])c(C)c2)c2cc3c(cc2C[C@@H]1C)OCO3)C(=O)O. The molecule has 1 atom stereocenters. The Morgan fingerprint density at radius 2 is 1.97 bits per heavy atom. The fraction of sp³-hybridized carbons (Fsp3) is 0.261. The molecular weight excluding hydrogens is 430 g/mol. The number of hydrazone groups is 1. The van der Waals surface area contributed by atoms with Gasteiger partial charge in [0.15, 0.2) is 11.5 Å². The molecule has 0 aliphatic carbocycles. The minimum Gasteiger partial charge on any atom is -0.478 e. The van der Waals surface area contributed by atoms with E-state index in [-0.39, 0.29) is 18.1 Å². The summed E-state index contributed by atoms with van der Waals surface area (Å²) in [4.78, 5) is 35.0. The number of nitrogens with zero attached hydrogens (tertiary/aromatic N) is 3. The fourth-order valence-electron chi connectivity index (χ4n) is 3.90. The lowest BCUT2D eigenvalue weighted by Gasteiger charge is -2.23. The van der Waals surface area contributed by atoms with Crippen LogP contribution in [0.2, 0.25) is 0 Å². The number of benzene rings is 2. The first-order valence-electron chi connectivity index (χ1n) is 10.2. The van der Waals surface area contributed by atoms with E-state index in [4.69, 9.17) is 14.6 Å². The first-order chi connectivity index (χ1) is 15.7. The number of rotatable bonds is 5. The normalized spacial score (nSPS) is 16.5. The molecule has 0 unspecified atom stereocenters.